The first-order valence-electron chi connectivity index (χ1n) is 8.01. The van der Waals surface area contributed by atoms with Crippen molar-refractivity contribution in [3.63, 3.8) is 0 Å². The first kappa shape index (κ1) is 18.2. The molecule has 2 aromatic rings. The van der Waals surface area contributed by atoms with Crippen LogP contribution in [0.3, 0.4) is 0 Å². The van der Waals surface area contributed by atoms with Crippen molar-refractivity contribution in [2.45, 2.75) is 20.4 Å². The molecule has 2 aromatic carbocycles. The summed E-state index contributed by atoms with van der Waals surface area (Å²) >= 11 is 0. The Morgan fingerprint density at radius 1 is 0.880 bits per heavy atom. The third-order valence-electron chi connectivity index (χ3n) is 3.54. The van der Waals surface area contributed by atoms with Crippen molar-refractivity contribution in [2.75, 3.05) is 17.2 Å². The summed E-state index contributed by atoms with van der Waals surface area (Å²) in [5.74, 6) is -1.45. The Labute approximate surface area is 146 Å². The minimum Gasteiger partial charge on any atom is -0.330 e. The maximum Gasteiger partial charge on any atom is 0.313 e. The smallest absolute Gasteiger partial charge is 0.313 e. The molecule has 25 heavy (non-hydrogen) atoms. The third-order valence-corrected chi connectivity index (χ3v) is 3.54. The Bertz CT molecular complexity index is 742. The molecular formula is C19H21N3O3. The van der Waals surface area contributed by atoms with Gasteiger partial charge in [-0.25, -0.2) is 0 Å². The van der Waals surface area contributed by atoms with E-state index in [0.717, 1.165) is 5.56 Å². The Kier molecular flexibility index (Phi) is 6.28. The van der Waals surface area contributed by atoms with Crippen molar-refractivity contribution in [1.82, 2.24) is 4.90 Å². The predicted molar refractivity (Wildman–Crippen MR) is 96.9 cm³/mol. The fraction of sp³-hybridized carbons (Fsp3) is 0.211. The van der Waals surface area contributed by atoms with Gasteiger partial charge in [-0.2, -0.15) is 0 Å². The van der Waals surface area contributed by atoms with Crippen molar-refractivity contribution < 1.29 is 14.4 Å². The van der Waals surface area contributed by atoms with Crippen LogP contribution in [0.4, 0.5) is 11.4 Å². The monoisotopic (exact) mass is 339 g/mol. The van der Waals surface area contributed by atoms with Gasteiger partial charge in [0.25, 0.3) is 0 Å². The van der Waals surface area contributed by atoms with Gasteiger partial charge in [0.05, 0.1) is 0 Å². The molecule has 0 aliphatic heterocycles. The van der Waals surface area contributed by atoms with Crippen LogP contribution in [0.2, 0.25) is 0 Å². The number of hydrogen-bond acceptors (Lipinski definition) is 3. The number of carbonyl (C=O) groups excluding carboxylic acids is 3. The van der Waals surface area contributed by atoms with E-state index in [1.54, 1.807) is 24.3 Å². The van der Waals surface area contributed by atoms with E-state index in [0.29, 0.717) is 24.5 Å². The molecule has 6 heteroatoms. The van der Waals surface area contributed by atoms with E-state index >= 15 is 0 Å². The number of rotatable bonds is 5. The van der Waals surface area contributed by atoms with Gasteiger partial charge in [0, 0.05) is 31.4 Å². The highest BCUT2D eigenvalue weighted by Gasteiger charge is 2.20. The average Bonchev–Trinajstić information content (AvgIpc) is 2.61. The number of carbonyl (C=O) groups is 3. The lowest BCUT2D eigenvalue weighted by atomic mass is 10.2. The highest BCUT2D eigenvalue weighted by molar-refractivity contribution is 6.39. The Hall–Kier alpha value is -3.15. The van der Waals surface area contributed by atoms with Crippen molar-refractivity contribution in [2.24, 2.45) is 0 Å². The molecule has 2 N–H and O–H groups in total. The van der Waals surface area contributed by atoms with Crippen LogP contribution in [-0.4, -0.2) is 29.2 Å². The summed E-state index contributed by atoms with van der Waals surface area (Å²) < 4.78 is 0. The van der Waals surface area contributed by atoms with Gasteiger partial charge in [-0.15, -0.1) is 0 Å². The molecule has 2 rings (SSSR count). The van der Waals surface area contributed by atoms with Crippen molar-refractivity contribution in [3.8, 4) is 0 Å². The minimum atomic E-state index is -0.690. The van der Waals surface area contributed by atoms with Gasteiger partial charge in [0.15, 0.2) is 0 Å². The number of nitrogens with one attached hydrogen (secondary N) is 2. The molecule has 0 atom stereocenters. The molecule has 0 aliphatic rings. The average molecular weight is 339 g/mol. The molecule has 0 spiro atoms. The van der Waals surface area contributed by atoms with E-state index in [2.05, 4.69) is 10.6 Å². The largest absolute Gasteiger partial charge is 0.330 e. The van der Waals surface area contributed by atoms with Crippen LogP contribution >= 0.6 is 0 Å². The van der Waals surface area contributed by atoms with Crippen molar-refractivity contribution >= 4 is 29.1 Å². The highest BCUT2D eigenvalue weighted by atomic mass is 16.2. The van der Waals surface area contributed by atoms with Crippen molar-refractivity contribution in [3.05, 3.63) is 60.2 Å². The third kappa shape index (κ3) is 5.46. The first-order valence-corrected chi connectivity index (χ1v) is 8.01. The topological polar surface area (TPSA) is 78.5 Å². The zero-order valence-corrected chi connectivity index (χ0v) is 14.3. The molecule has 0 heterocycles. The zero-order valence-electron chi connectivity index (χ0n) is 14.3. The Balaban J connectivity index is 1.98. The summed E-state index contributed by atoms with van der Waals surface area (Å²) in [6.45, 7) is 4.06. The minimum absolute atomic E-state index is 0.175. The van der Waals surface area contributed by atoms with E-state index in [-0.39, 0.29) is 5.91 Å². The van der Waals surface area contributed by atoms with Gasteiger partial charge in [-0.3, -0.25) is 14.4 Å². The van der Waals surface area contributed by atoms with E-state index in [1.807, 2.05) is 37.3 Å². The molecule has 0 radical (unpaired) electrons. The van der Waals surface area contributed by atoms with Crippen LogP contribution in [0.1, 0.15) is 19.4 Å². The standard InChI is InChI=1S/C19H21N3O3/c1-3-22(13-15-7-5-4-6-8-15)19(25)18(24)21-17-11-9-16(10-12-17)20-14(2)23/h4-12H,3,13H2,1-2H3,(H,20,23)(H,21,24). The second kappa shape index (κ2) is 8.63. The van der Waals surface area contributed by atoms with Gasteiger partial charge in [-0.05, 0) is 36.8 Å². The van der Waals surface area contributed by atoms with Crippen LogP contribution in [0, 0.1) is 0 Å². The summed E-state index contributed by atoms with van der Waals surface area (Å²) in [7, 11) is 0. The second-order valence-corrected chi connectivity index (χ2v) is 5.52. The molecular weight excluding hydrogens is 318 g/mol. The number of nitrogens with zero attached hydrogens (tertiary/aromatic N) is 1. The second-order valence-electron chi connectivity index (χ2n) is 5.52. The van der Waals surface area contributed by atoms with Gasteiger partial charge in [-0.1, -0.05) is 30.3 Å². The molecule has 0 aliphatic carbocycles. The quantitative estimate of drug-likeness (QED) is 0.822. The fourth-order valence-corrected chi connectivity index (χ4v) is 2.30. The molecule has 0 saturated heterocycles. The van der Waals surface area contributed by atoms with Gasteiger partial charge in [0.1, 0.15) is 0 Å². The van der Waals surface area contributed by atoms with Gasteiger partial charge in [0.2, 0.25) is 5.91 Å². The molecule has 0 saturated carbocycles. The van der Waals surface area contributed by atoms with Crippen LogP contribution in [0.15, 0.2) is 54.6 Å². The summed E-state index contributed by atoms with van der Waals surface area (Å²) in [6.07, 6.45) is 0. The number of hydrogen-bond donors (Lipinski definition) is 2. The molecule has 130 valence electrons. The van der Waals surface area contributed by atoms with Crippen LogP contribution in [0.5, 0.6) is 0 Å². The Morgan fingerprint density at radius 3 is 1.96 bits per heavy atom. The molecule has 0 fully saturated rings. The van der Waals surface area contributed by atoms with Crippen LogP contribution in [-0.2, 0) is 20.9 Å². The maximum absolute atomic E-state index is 12.4. The van der Waals surface area contributed by atoms with Gasteiger partial charge < -0.3 is 15.5 Å². The van der Waals surface area contributed by atoms with Crippen LogP contribution < -0.4 is 10.6 Å². The summed E-state index contributed by atoms with van der Waals surface area (Å²) in [5.41, 5.74) is 2.07. The lowest BCUT2D eigenvalue weighted by Crippen LogP contribution is -2.39. The van der Waals surface area contributed by atoms with Crippen LogP contribution in [0.25, 0.3) is 0 Å². The number of likely N-dealkylation sites (N-methyl/N-ethyl adjacent to an activating group) is 1. The summed E-state index contributed by atoms with van der Waals surface area (Å²) in [4.78, 5) is 37.0. The maximum atomic E-state index is 12.4. The number of amides is 3. The molecule has 6 nitrogen and oxygen atoms in total. The van der Waals surface area contributed by atoms with E-state index in [9.17, 15) is 14.4 Å². The number of benzene rings is 2. The number of anilines is 2. The molecule has 0 aromatic heterocycles. The molecule has 0 unspecified atom stereocenters. The summed E-state index contributed by atoms with van der Waals surface area (Å²) in [6, 6.07) is 16.1. The lowest BCUT2D eigenvalue weighted by molar-refractivity contribution is -0.143. The molecule has 0 bridgehead atoms. The SMILES string of the molecule is CCN(Cc1ccccc1)C(=O)C(=O)Nc1ccc(NC(C)=O)cc1. The Morgan fingerprint density at radius 2 is 1.44 bits per heavy atom. The normalized spacial score (nSPS) is 10.0. The summed E-state index contributed by atoms with van der Waals surface area (Å²) in [5, 5.41) is 5.22. The lowest BCUT2D eigenvalue weighted by Gasteiger charge is -2.20. The predicted octanol–water partition coefficient (Wildman–Crippen LogP) is 2.63. The van der Waals surface area contributed by atoms with E-state index in [1.165, 1.54) is 11.8 Å². The molecule has 3 amide bonds. The van der Waals surface area contributed by atoms with E-state index < -0.39 is 11.8 Å². The highest BCUT2D eigenvalue weighted by Crippen LogP contribution is 2.14. The fourth-order valence-electron chi connectivity index (χ4n) is 2.30. The first-order chi connectivity index (χ1) is 12.0. The zero-order chi connectivity index (χ0) is 18.2. The van der Waals surface area contributed by atoms with E-state index in [4.69, 9.17) is 0 Å². The van der Waals surface area contributed by atoms with Crippen molar-refractivity contribution in [1.29, 1.82) is 0 Å². The van der Waals surface area contributed by atoms with Gasteiger partial charge >= 0.3 is 11.8 Å².